The molecule has 1 aliphatic carbocycles. The highest BCUT2D eigenvalue weighted by Gasteiger charge is 2.15. The van der Waals surface area contributed by atoms with E-state index in [0.717, 1.165) is 33.5 Å². The molecule has 2 aromatic carbocycles. The first-order chi connectivity index (χ1) is 11.2. The molecule has 0 amide bonds. The Bertz CT molecular complexity index is 640. The third-order valence-corrected chi connectivity index (χ3v) is 4.75. The summed E-state index contributed by atoms with van der Waals surface area (Å²) in [5.74, 6) is 0.884. The van der Waals surface area contributed by atoms with Crippen molar-refractivity contribution >= 4 is 35.6 Å². The van der Waals surface area contributed by atoms with Crippen molar-refractivity contribution in [1.29, 1.82) is 0 Å². The molecule has 24 heavy (non-hydrogen) atoms. The van der Waals surface area contributed by atoms with Gasteiger partial charge in [-0.1, -0.05) is 48.2 Å². The van der Waals surface area contributed by atoms with Crippen LogP contribution in [0.2, 0.25) is 10.0 Å². The van der Waals surface area contributed by atoms with Crippen LogP contribution in [0.4, 0.5) is 0 Å². The van der Waals surface area contributed by atoms with Gasteiger partial charge in [0.2, 0.25) is 0 Å². The number of benzene rings is 2. The molecule has 2 aromatic rings. The van der Waals surface area contributed by atoms with Crippen molar-refractivity contribution in [2.24, 2.45) is 0 Å². The fourth-order valence-electron chi connectivity index (χ4n) is 2.95. The van der Waals surface area contributed by atoms with Gasteiger partial charge in [-0.15, -0.1) is 12.4 Å². The number of halogens is 3. The Morgan fingerprint density at radius 1 is 0.958 bits per heavy atom. The van der Waals surface area contributed by atoms with E-state index in [1.165, 1.54) is 25.7 Å². The van der Waals surface area contributed by atoms with Crippen molar-refractivity contribution in [2.75, 3.05) is 0 Å². The standard InChI is InChI=1S/C19H21Cl2NO.ClH/c20-16-7-5-14(6-8-16)13-23-19-10-9-17(21)11-15(19)12-22-18-3-1-2-4-18;/h5-11,18,22H,1-4,12-13H2;1H. The molecule has 1 fully saturated rings. The third kappa shape index (κ3) is 5.56. The molecule has 0 bridgehead atoms. The Labute approximate surface area is 159 Å². The lowest BCUT2D eigenvalue weighted by molar-refractivity contribution is 0.301. The number of hydrogen-bond acceptors (Lipinski definition) is 2. The van der Waals surface area contributed by atoms with Gasteiger partial charge in [-0.3, -0.25) is 0 Å². The summed E-state index contributed by atoms with van der Waals surface area (Å²) in [4.78, 5) is 0. The van der Waals surface area contributed by atoms with E-state index in [2.05, 4.69) is 5.32 Å². The Morgan fingerprint density at radius 3 is 2.33 bits per heavy atom. The smallest absolute Gasteiger partial charge is 0.124 e. The van der Waals surface area contributed by atoms with Gasteiger partial charge in [0.25, 0.3) is 0 Å². The van der Waals surface area contributed by atoms with Crippen LogP contribution >= 0.6 is 35.6 Å². The van der Waals surface area contributed by atoms with Gasteiger partial charge in [-0.25, -0.2) is 0 Å². The minimum absolute atomic E-state index is 0. The summed E-state index contributed by atoms with van der Waals surface area (Å²) in [6.07, 6.45) is 5.18. The molecule has 130 valence electrons. The summed E-state index contributed by atoms with van der Waals surface area (Å²) in [7, 11) is 0. The molecule has 0 spiro atoms. The molecule has 0 atom stereocenters. The number of nitrogens with one attached hydrogen (secondary N) is 1. The molecule has 1 aliphatic rings. The fraction of sp³-hybridized carbons (Fsp3) is 0.368. The molecular weight excluding hydrogens is 365 g/mol. The van der Waals surface area contributed by atoms with Crippen molar-refractivity contribution in [2.45, 2.75) is 44.9 Å². The molecule has 1 saturated carbocycles. The van der Waals surface area contributed by atoms with Gasteiger partial charge in [0, 0.05) is 28.2 Å². The van der Waals surface area contributed by atoms with E-state index in [1.54, 1.807) is 0 Å². The van der Waals surface area contributed by atoms with Crippen LogP contribution in [-0.4, -0.2) is 6.04 Å². The van der Waals surface area contributed by atoms with Gasteiger partial charge in [0.1, 0.15) is 12.4 Å². The first-order valence-electron chi connectivity index (χ1n) is 8.10. The molecule has 0 aromatic heterocycles. The van der Waals surface area contributed by atoms with E-state index in [9.17, 15) is 0 Å². The quantitative estimate of drug-likeness (QED) is 0.654. The van der Waals surface area contributed by atoms with Crippen LogP contribution < -0.4 is 10.1 Å². The highest BCUT2D eigenvalue weighted by Crippen LogP contribution is 2.25. The molecule has 5 heteroatoms. The van der Waals surface area contributed by atoms with Gasteiger partial charge >= 0.3 is 0 Å². The normalized spacial score (nSPS) is 14.4. The summed E-state index contributed by atoms with van der Waals surface area (Å²) < 4.78 is 5.99. The first-order valence-corrected chi connectivity index (χ1v) is 8.85. The SMILES string of the molecule is Cl.Clc1ccc(COc2ccc(Cl)cc2CNC2CCCC2)cc1. The fourth-order valence-corrected chi connectivity index (χ4v) is 3.27. The van der Waals surface area contributed by atoms with Crippen LogP contribution in [0.15, 0.2) is 42.5 Å². The maximum atomic E-state index is 6.15. The lowest BCUT2D eigenvalue weighted by atomic mass is 10.1. The van der Waals surface area contributed by atoms with Crippen molar-refractivity contribution in [3.63, 3.8) is 0 Å². The lowest BCUT2D eigenvalue weighted by Gasteiger charge is -2.16. The van der Waals surface area contributed by atoms with Gasteiger partial charge in [-0.2, -0.15) is 0 Å². The Hall–Kier alpha value is -0.930. The summed E-state index contributed by atoms with van der Waals surface area (Å²) in [6.45, 7) is 1.32. The predicted molar refractivity (Wildman–Crippen MR) is 104 cm³/mol. The highest BCUT2D eigenvalue weighted by molar-refractivity contribution is 6.30. The molecule has 0 radical (unpaired) electrons. The average molecular weight is 387 g/mol. The van der Waals surface area contributed by atoms with Gasteiger partial charge < -0.3 is 10.1 Å². The van der Waals surface area contributed by atoms with Crippen molar-refractivity contribution < 1.29 is 4.74 Å². The minimum Gasteiger partial charge on any atom is -0.489 e. The maximum Gasteiger partial charge on any atom is 0.124 e. The molecule has 3 rings (SSSR count). The van der Waals surface area contributed by atoms with Crippen molar-refractivity contribution in [3.05, 3.63) is 63.6 Å². The summed E-state index contributed by atoms with van der Waals surface area (Å²) >= 11 is 12.1. The molecule has 2 nitrogen and oxygen atoms in total. The largest absolute Gasteiger partial charge is 0.489 e. The maximum absolute atomic E-state index is 6.15. The van der Waals surface area contributed by atoms with Crippen LogP contribution in [-0.2, 0) is 13.2 Å². The monoisotopic (exact) mass is 385 g/mol. The zero-order chi connectivity index (χ0) is 16.1. The Morgan fingerprint density at radius 2 is 1.62 bits per heavy atom. The van der Waals surface area contributed by atoms with Crippen LogP contribution in [0.25, 0.3) is 0 Å². The number of rotatable bonds is 6. The van der Waals surface area contributed by atoms with E-state index < -0.39 is 0 Å². The topological polar surface area (TPSA) is 21.3 Å². The second-order valence-electron chi connectivity index (χ2n) is 6.03. The van der Waals surface area contributed by atoms with Crippen LogP contribution in [0, 0.1) is 0 Å². The first kappa shape index (κ1) is 19.4. The molecule has 0 heterocycles. The van der Waals surface area contributed by atoms with Crippen molar-refractivity contribution in [3.8, 4) is 5.75 Å². The number of hydrogen-bond donors (Lipinski definition) is 1. The van der Waals surface area contributed by atoms with E-state index in [1.807, 2.05) is 42.5 Å². The van der Waals surface area contributed by atoms with Gasteiger partial charge in [0.05, 0.1) is 0 Å². The second-order valence-corrected chi connectivity index (χ2v) is 6.90. The van der Waals surface area contributed by atoms with E-state index in [4.69, 9.17) is 27.9 Å². The van der Waals surface area contributed by atoms with E-state index in [-0.39, 0.29) is 12.4 Å². The average Bonchev–Trinajstić information content (AvgIpc) is 3.07. The summed E-state index contributed by atoms with van der Waals surface area (Å²) in [5, 5.41) is 5.10. The van der Waals surface area contributed by atoms with Crippen LogP contribution in [0.5, 0.6) is 5.75 Å². The lowest BCUT2D eigenvalue weighted by Crippen LogP contribution is -2.25. The third-order valence-electron chi connectivity index (χ3n) is 4.27. The Kier molecular flexibility index (Phi) is 7.70. The molecule has 0 saturated heterocycles. The van der Waals surface area contributed by atoms with Gasteiger partial charge in [0.15, 0.2) is 0 Å². The molecule has 0 aliphatic heterocycles. The zero-order valence-electron chi connectivity index (χ0n) is 13.4. The van der Waals surface area contributed by atoms with E-state index in [0.29, 0.717) is 12.6 Å². The minimum atomic E-state index is 0. The van der Waals surface area contributed by atoms with Crippen LogP contribution in [0.1, 0.15) is 36.8 Å². The molecule has 0 unspecified atom stereocenters. The zero-order valence-corrected chi connectivity index (χ0v) is 15.8. The second kappa shape index (κ2) is 9.53. The van der Waals surface area contributed by atoms with Crippen LogP contribution in [0.3, 0.4) is 0 Å². The predicted octanol–water partition coefficient (Wildman–Crippen LogP) is 6.03. The van der Waals surface area contributed by atoms with Crippen molar-refractivity contribution in [1.82, 2.24) is 5.32 Å². The number of ether oxygens (including phenoxy) is 1. The van der Waals surface area contributed by atoms with E-state index >= 15 is 0 Å². The molecule has 1 N–H and O–H groups in total. The Balaban J connectivity index is 0.00000208. The van der Waals surface area contributed by atoms with Gasteiger partial charge in [-0.05, 0) is 48.7 Å². The highest BCUT2D eigenvalue weighted by atomic mass is 35.5. The summed E-state index contributed by atoms with van der Waals surface area (Å²) in [5.41, 5.74) is 2.21. The molecular formula is C19H22Cl3NO. The summed E-state index contributed by atoms with van der Waals surface area (Å²) in [6, 6.07) is 14.2.